The number of benzene rings is 1. The molecule has 2 nitrogen and oxygen atoms in total. The summed E-state index contributed by atoms with van der Waals surface area (Å²) in [5, 5.41) is 0. The Morgan fingerprint density at radius 2 is 1.70 bits per heavy atom. The summed E-state index contributed by atoms with van der Waals surface area (Å²) in [6.07, 6.45) is 8.31. The molecule has 1 atom stereocenters. The Balaban J connectivity index is 2.05. The van der Waals surface area contributed by atoms with Crippen LogP contribution in [0.5, 0.6) is 0 Å². The van der Waals surface area contributed by atoms with E-state index in [-0.39, 0.29) is 5.41 Å². The van der Waals surface area contributed by atoms with Gasteiger partial charge in [-0.05, 0) is 25.5 Å². The van der Waals surface area contributed by atoms with E-state index in [2.05, 4.69) is 49.2 Å². The molecule has 0 bridgehead atoms. The highest BCUT2D eigenvalue weighted by atomic mass is 15.1. The maximum absolute atomic E-state index is 6.12. The van der Waals surface area contributed by atoms with E-state index in [1.807, 2.05) is 0 Å². The highest BCUT2D eigenvalue weighted by Crippen LogP contribution is 2.27. The van der Waals surface area contributed by atoms with E-state index in [0.717, 1.165) is 12.6 Å². The molecule has 1 aromatic carbocycles. The summed E-state index contributed by atoms with van der Waals surface area (Å²) in [6.45, 7) is 4.06. The summed E-state index contributed by atoms with van der Waals surface area (Å²) in [4.78, 5) is 2.56. The van der Waals surface area contributed by atoms with E-state index in [9.17, 15) is 0 Å². The van der Waals surface area contributed by atoms with Gasteiger partial charge < -0.3 is 10.6 Å². The molecule has 1 fully saturated rings. The molecule has 2 rings (SSSR count). The van der Waals surface area contributed by atoms with E-state index in [1.54, 1.807) is 0 Å². The highest BCUT2D eigenvalue weighted by molar-refractivity contribution is 5.25. The molecule has 2 N–H and O–H groups in total. The molecular formula is C18H30N2. The van der Waals surface area contributed by atoms with Gasteiger partial charge in [-0.2, -0.15) is 0 Å². The molecule has 112 valence electrons. The Morgan fingerprint density at radius 1 is 1.10 bits per heavy atom. The number of nitrogens with zero attached hydrogens (tertiary/aromatic N) is 1. The van der Waals surface area contributed by atoms with Crippen LogP contribution in [-0.2, 0) is 5.41 Å². The lowest BCUT2D eigenvalue weighted by Crippen LogP contribution is -2.46. The summed E-state index contributed by atoms with van der Waals surface area (Å²) >= 11 is 0. The smallest absolute Gasteiger partial charge is 0.0174 e. The molecule has 0 radical (unpaired) electrons. The number of hydrogen-bond donors (Lipinski definition) is 1. The number of rotatable bonds is 5. The summed E-state index contributed by atoms with van der Waals surface area (Å²) < 4.78 is 0. The lowest BCUT2D eigenvalue weighted by atomic mass is 9.81. The Kier molecular flexibility index (Phi) is 5.62. The summed E-state index contributed by atoms with van der Waals surface area (Å²) in [5.74, 6) is 0. The predicted octanol–water partition coefficient (Wildman–Crippen LogP) is 3.56. The van der Waals surface area contributed by atoms with Gasteiger partial charge in [0.25, 0.3) is 0 Å². The molecule has 20 heavy (non-hydrogen) atoms. The van der Waals surface area contributed by atoms with Crippen molar-refractivity contribution in [1.82, 2.24) is 4.90 Å². The maximum atomic E-state index is 6.12. The topological polar surface area (TPSA) is 29.3 Å². The van der Waals surface area contributed by atoms with Gasteiger partial charge in [-0.3, -0.25) is 0 Å². The van der Waals surface area contributed by atoms with Crippen LogP contribution in [0.4, 0.5) is 0 Å². The second kappa shape index (κ2) is 7.24. The van der Waals surface area contributed by atoms with Crippen molar-refractivity contribution in [3.05, 3.63) is 35.9 Å². The fraction of sp³-hybridized carbons (Fsp3) is 0.667. The molecule has 0 aromatic heterocycles. The zero-order valence-corrected chi connectivity index (χ0v) is 13.1. The average molecular weight is 274 g/mol. The van der Waals surface area contributed by atoms with Crippen LogP contribution in [0.25, 0.3) is 0 Å². The van der Waals surface area contributed by atoms with Crippen LogP contribution >= 0.6 is 0 Å². The Bertz CT molecular complexity index is 382. The Hall–Kier alpha value is -0.860. The number of nitrogens with two attached hydrogens (primary N) is 1. The van der Waals surface area contributed by atoms with Gasteiger partial charge in [0.1, 0.15) is 0 Å². The minimum atomic E-state index is 0.0579. The van der Waals surface area contributed by atoms with Gasteiger partial charge in [0.05, 0.1) is 0 Å². The molecule has 1 saturated carbocycles. The normalized spacial score (nSPS) is 20.6. The van der Waals surface area contributed by atoms with Crippen molar-refractivity contribution in [2.45, 2.75) is 56.9 Å². The van der Waals surface area contributed by atoms with E-state index in [4.69, 9.17) is 5.73 Å². The van der Waals surface area contributed by atoms with Crippen molar-refractivity contribution in [1.29, 1.82) is 0 Å². The quantitative estimate of drug-likeness (QED) is 0.832. The van der Waals surface area contributed by atoms with Gasteiger partial charge in [-0.25, -0.2) is 0 Å². The van der Waals surface area contributed by atoms with Crippen molar-refractivity contribution in [2.75, 3.05) is 20.1 Å². The van der Waals surface area contributed by atoms with Crippen LogP contribution in [0, 0.1) is 0 Å². The second-order valence-electron chi connectivity index (χ2n) is 6.69. The van der Waals surface area contributed by atoms with Gasteiger partial charge in [-0.15, -0.1) is 0 Å². The molecule has 0 heterocycles. The van der Waals surface area contributed by atoms with E-state index in [0.29, 0.717) is 6.54 Å². The summed E-state index contributed by atoms with van der Waals surface area (Å²) in [5.41, 5.74) is 7.54. The first-order valence-electron chi connectivity index (χ1n) is 8.11. The van der Waals surface area contributed by atoms with E-state index < -0.39 is 0 Å². The van der Waals surface area contributed by atoms with Crippen molar-refractivity contribution in [3.63, 3.8) is 0 Å². The first kappa shape index (κ1) is 15.5. The van der Waals surface area contributed by atoms with Crippen molar-refractivity contribution in [3.8, 4) is 0 Å². The highest BCUT2D eigenvalue weighted by Gasteiger charge is 2.29. The first-order chi connectivity index (χ1) is 9.65. The van der Waals surface area contributed by atoms with E-state index in [1.165, 1.54) is 44.1 Å². The minimum Gasteiger partial charge on any atom is -0.330 e. The van der Waals surface area contributed by atoms with Crippen LogP contribution in [0.15, 0.2) is 30.3 Å². The molecule has 1 unspecified atom stereocenters. The number of likely N-dealkylation sites (N-methyl/N-ethyl adjacent to an activating group) is 1. The molecular weight excluding hydrogens is 244 g/mol. The van der Waals surface area contributed by atoms with Gasteiger partial charge in [-0.1, -0.05) is 62.9 Å². The van der Waals surface area contributed by atoms with Crippen molar-refractivity contribution in [2.24, 2.45) is 5.73 Å². The molecule has 0 saturated heterocycles. The minimum absolute atomic E-state index is 0.0579. The molecule has 1 aliphatic rings. The largest absolute Gasteiger partial charge is 0.330 e. The third-order valence-corrected chi connectivity index (χ3v) is 4.97. The van der Waals surface area contributed by atoms with Crippen LogP contribution in [-0.4, -0.2) is 31.1 Å². The van der Waals surface area contributed by atoms with Crippen molar-refractivity contribution >= 4 is 0 Å². The second-order valence-corrected chi connectivity index (χ2v) is 6.69. The SMILES string of the molecule is CN(CC(C)(CN)c1ccccc1)C1CCCCCC1. The lowest BCUT2D eigenvalue weighted by molar-refractivity contribution is 0.179. The summed E-state index contributed by atoms with van der Waals surface area (Å²) in [6, 6.07) is 11.5. The molecule has 0 spiro atoms. The third kappa shape index (κ3) is 3.83. The summed E-state index contributed by atoms with van der Waals surface area (Å²) in [7, 11) is 2.28. The van der Waals surface area contributed by atoms with Gasteiger partial charge in [0.15, 0.2) is 0 Å². The number of hydrogen-bond acceptors (Lipinski definition) is 2. The van der Waals surface area contributed by atoms with Gasteiger partial charge in [0.2, 0.25) is 0 Å². The fourth-order valence-electron chi connectivity index (χ4n) is 3.49. The van der Waals surface area contributed by atoms with Crippen molar-refractivity contribution < 1.29 is 0 Å². The molecule has 0 aliphatic heterocycles. The molecule has 2 heteroatoms. The standard InChI is InChI=1S/C18H30N2/c1-18(14-19,16-10-6-5-7-11-16)15-20(2)17-12-8-3-4-9-13-17/h5-7,10-11,17H,3-4,8-9,12-15,19H2,1-2H3. The molecule has 1 aliphatic carbocycles. The van der Waals surface area contributed by atoms with Gasteiger partial charge in [0, 0.05) is 24.5 Å². The first-order valence-corrected chi connectivity index (χ1v) is 8.11. The molecule has 0 amide bonds. The Labute approximate surface area is 124 Å². The van der Waals surface area contributed by atoms with Crippen LogP contribution in [0.2, 0.25) is 0 Å². The van der Waals surface area contributed by atoms with Crippen LogP contribution < -0.4 is 5.73 Å². The average Bonchev–Trinajstić information content (AvgIpc) is 2.77. The lowest BCUT2D eigenvalue weighted by Gasteiger charge is -2.37. The fourth-order valence-corrected chi connectivity index (χ4v) is 3.49. The Morgan fingerprint density at radius 3 is 2.25 bits per heavy atom. The maximum Gasteiger partial charge on any atom is 0.0174 e. The van der Waals surface area contributed by atoms with Crippen LogP contribution in [0.1, 0.15) is 51.0 Å². The van der Waals surface area contributed by atoms with Gasteiger partial charge >= 0.3 is 0 Å². The third-order valence-electron chi connectivity index (χ3n) is 4.97. The monoisotopic (exact) mass is 274 g/mol. The van der Waals surface area contributed by atoms with Crippen LogP contribution in [0.3, 0.4) is 0 Å². The van der Waals surface area contributed by atoms with E-state index >= 15 is 0 Å². The molecule has 1 aromatic rings. The predicted molar refractivity (Wildman–Crippen MR) is 87.0 cm³/mol. The zero-order chi connectivity index (χ0) is 14.4. The zero-order valence-electron chi connectivity index (χ0n) is 13.1.